The standard InChI is InChI=1S/C18H30N4O.HI/c1-3-19-17(21-13-10-15-8-5-7-12-20-15)22-14-18(2)11-6-4-9-16(18)23;/h5,7-8,12,16,23H,3-4,6,9-11,13-14H2,1-2H3,(H2,19,21,22);1H. The fourth-order valence-electron chi connectivity index (χ4n) is 3.02. The third kappa shape index (κ3) is 6.55. The lowest BCUT2D eigenvalue weighted by Crippen LogP contribution is -2.42. The lowest BCUT2D eigenvalue weighted by atomic mass is 9.73. The molecule has 2 rings (SSSR count). The van der Waals surface area contributed by atoms with Crippen molar-refractivity contribution in [2.24, 2.45) is 10.4 Å². The van der Waals surface area contributed by atoms with Crippen LogP contribution in [0.15, 0.2) is 29.4 Å². The Balaban J connectivity index is 0.00000288. The molecule has 0 aromatic carbocycles. The molecule has 0 radical (unpaired) electrons. The van der Waals surface area contributed by atoms with Crippen molar-refractivity contribution in [3.8, 4) is 0 Å². The number of hydrogen-bond donors (Lipinski definition) is 3. The minimum atomic E-state index is -0.239. The van der Waals surface area contributed by atoms with Crippen molar-refractivity contribution in [1.82, 2.24) is 15.6 Å². The number of hydrogen-bond acceptors (Lipinski definition) is 3. The summed E-state index contributed by atoms with van der Waals surface area (Å²) in [6.07, 6.45) is 6.71. The Morgan fingerprint density at radius 3 is 2.88 bits per heavy atom. The van der Waals surface area contributed by atoms with Gasteiger partial charge in [-0.3, -0.25) is 9.98 Å². The van der Waals surface area contributed by atoms with Crippen LogP contribution in [0.4, 0.5) is 0 Å². The van der Waals surface area contributed by atoms with E-state index in [1.165, 1.54) is 6.42 Å². The Labute approximate surface area is 162 Å². The number of pyridine rings is 1. The minimum Gasteiger partial charge on any atom is -0.392 e. The number of aliphatic hydroxyl groups is 1. The summed E-state index contributed by atoms with van der Waals surface area (Å²) >= 11 is 0. The Bertz CT molecular complexity index is 497. The topological polar surface area (TPSA) is 69.5 Å². The Morgan fingerprint density at radius 1 is 1.38 bits per heavy atom. The van der Waals surface area contributed by atoms with Crippen LogP contribution in [0.2, 0.25) is 0 Å². The minimum absolute atomic E-state index is 0. The van der Waals surface area contributed by atoms with Crippen molar-refractivity contribution < 1.29 is 5.11 Å². The van der Waals surface area contributed by atoms with Crippen LogP contribution in [-0.4, -0.2) is 41.8 Å². The highest BCUT2D eigenvalue weighted by atomic mass is 127. The first-order chi connectivity index (χ1) is 11.1. The number of aliphatic imine (C=N–C) groups is 1. The maximum Gasteiger partial charge on any atom is 0.191 e. The molecule has 2 atom stereocenters. The van der Waals surface area contributed by atoms with Gasteiger partial charge in [0.05, 0.1) is 12.6 Å². The van der Waals surface area contributed by atoms with E-state index >= 15 is 0 Å². The lowest BCUT2D eigenvalue weighted by molar-refractivity contribution is 0.00716. The zero-order chi connectivity index (χ0) is 16.5. The van der Waals surface area contributed by atoms with Gasteiger partial charge in [0.2, 0.25) is 0 Å². The van der Waals surface area contributed by atoms with E-state index in [0.29, 0.717) is 6.54 Å². The number of rotatable bonds is 6. The molecule has 1 aliphatic rings. The number of halogens is 1. The van der Waals surface area contributed by atoms with E-state index < -0.39 is 0 Å². The SMILES string of the molecule is CCNC(=NCC1(C)CCCCC1O)NCCc1ccccn1.I. The van der Waals surface area contributed by atoms with Gasteiger partial charge in [-0.15, -0.1) is 24.0 Å². The van der Waals surface area contributed by atoms with Crippen LogP contribution in [0.1, 0.15) is 45.2 Å². The molecule has 24 heavy (non-hydrogen) atoms. The average molecular weight is 446 g/mol. The summed E-state index contributed by atoms with van der Waals surface area (Å²) < 4.78 is 0. The molecule has 0 spiro atoms. The van der Waals surface area contributed by atoms with Gasteiger partial charge in [-0.25, -0.2) is 0 Å². The zero-order valence-corrected chi connectivity index (χ0v) is 17.1. The van der Waals surface area contributed by atoms with E-state index in [1.807, 2.05) is 24.4 Å². The summed E-state index contributed by atoms with van der Waals surface area (Å²) in [6.45, 7) is 6.49. The van der Waals surface area contributed by atoms with Gasteiger partial charge in [-0.2, -0.15) is 0 Å². The molecule has 3 N–H and O–H groups in total. The zero-order valence-electron chi connectivity index (χ0n) is 14.8. The molecule has 1 saturated carbocycles. The number of nitrogens with one attached hydrogen (secondary N) is 2. The second kappa shape index (κ2) is 10.9. The molecule has 1 aliphatic carbocycles. The number of guanidine groups is 1. The molecule has 1 heterocycles. The van der Waals surface area contributed by atoms with Gasteiger partial charge in [0.15, 0.2) is 5.96 Å². The average Bonchev–Trinajstić information content (AvgIpc) is 2.57. The van der Waals surface area contributed by atoms with Gasteiger partial charge < -0.3 is 15.7 Å². The fraction of sp³-hybridized carbons (Fsp3) is 0.667. The molecular formula is C18H31IN4O. The largest absolute Gasteiger partial charge is 0.392 e. The monoisotopic (exact) mass is 446 g/mol. The molecule has 1 aromatic heterocycles. The molecule has 136 valence electrons. The van der Waals surface area contributed by atoms with Crippen molar-refractivity contribution in [1.29, 1.82) is 0 Å². The summed E-state index contributed by atoms with van der Waals surface area (Å²) in [5, 5.41) is 16.9. The van der Waals surface area contributed by atoms with Gasteiger partial charge in [0.25, 0.3) is 0 Å². The van der Waals surface area contributed by atoms with E-state index in [-0.39, 0.29) is 35.5 Å². The van der Waals surface area contributed by atoms with Crippen LogP contribution in [-0.2, 0) is 6.42 Å². The Hall–Kier alpha value is -0.890. The van der Waals surface area contributed by atoms with Crippen molar-refractivity contribution in [2.45, 2.75) is 52.1 Å². The third-order valence-electron chi connectivity index (χ3n) is 4.62. The second-order valence-corrected chi connectivity index (χ2v) is 6.61. The number of nitrogens with zero attached hydrogens (tertiary/aromatic N) is 2. The van der Waals surface area contributed by atoms with Crippen LogP contribution < -0.4 is 10.6 Å². The van der Waals surface area contributed by atoms with Gasteiger partial charge >= 0.3 is 0 Å². The molecule has 1 fully saturated rings. The highest BCUT2D eigenvalue weighted by molar-refractivity contribution is 14.0. The predicted octanol–water partition coefficient (Wildman–Crippen LogP) is 2.74. The van der Waals surface area contributed by atoms with E-state index in [4.69, 9.17) is 4.99 Å². The van der Waals surface area contributed by atoms with Crippen molar-refractivity contribution >= 4 is 29.9 Å². The van der Waals surface area contributed by atoms with Crippen LogP contribution in [0.3, 0.4) is 0 Å². The predicted molar refractivity (Wildman–Crippen MR) is 110 cm³/mol. The summed E-state index contributed by atoms with van der Waals surface area (Å²) in [5.41, 5.74) is 0.979. The second-order valence-electron chi connectivity index (χ2n) is 6.61. The van der Waals surface area contributed by atoms with Crippen LogP contribution >= 0.6 is 24.0 Å². The van der Waals surface area contributed by atoms with Crippen LogP contribution in [0.25, 0.3) is 0 Å². The molecule has 1 aromatic rings. The summed E-state index contributed by atoms with van der Waals surface area (Å²) in [4.78, 5) is 9.03. The van der Waals surface area contributed by atoms with E-state index in [1.54, 1.807) is 0 Å². The van der Waals surface area contributed by atoms with Crippen LogP contribution in [0, 0.1) is 5.41 Å². The van der Waals surface area contributed by atoms with E-state index in [2.05, 4.69) is 29.5 Å². The molecule has 6 heteroatoms. The van der Waals surface area contributed by atoms with Gasteiger partial charge in [-0.05, 0) is 31.9 Å². The molecule has 0 bridgehead atoms. The van der Waals surface area contributed by atoms with Gasteiger partial charge in [-0.1, -0.05) is 25.8 Å². The van der Waals surface area contributed by atoms with Crippen molar-refractivity contribution in [3.05, 3.63) is 30.1 Å². The third-order valence-corrected chi connectivity index (χ3v) is 4.62. The lowest BCUT2D eigenvalue weighted by Gasteiger charge is -2.37. The van der Waals surface area contributed by atoms with Crippen molar-refractivity contribution in [3.63, 3.8) is 0 Å². The molecule has 2 unspecified atom stereocenters. The maximum absolute atomic E-state index is 10.3. The molecule has 5 nitrogen and oxygen atoms in total. The highest BCUT2D eigenvalue weighted by Gasteiger charge is 2.35. The highest BCUT2D eigenvalue weighted by Crippen LogP contribution is 2.36. The van der Waals surface area contributed by atoms with E-state index in [0.717, 1.165) is 50.4 Å². The number of aromatic nitrogens is 1. The van der Waals surface area contributed by atoms with E-state index in [9.17, 15) is 5.11 Å². The first-order valence-electron chi connectivity index (χ1n) is 8.74. The quantitative estimate of drug-likeness (QED) is 0.357. The first-order valence-corrected chi connectivity index (χ1v) is 8.74. The number of aliphatic hydroxyl groups excluding tert-OH is 1. The maximum atomic E-state index is 10.3. The Kier molecular flexibility index (Phi) is 9.58. The smallest absolute Gasteiger partial charge is 0.191 e. The Morgan fingerprint density at radius 2 is 2.21 bits per heavy atom. The fourth-order valence-corrected chi connectivity index (χ4v) is 3.02. The van der Waals surface area contributed by atoms with Gasteiger partial charge in [0.1, 0.15) is 0 Å². The summed E-state index contributed by atoms with van der Waals surface area (Å²) in [6, 6.07) is 5.97. The summed E-state index contributed by atoms with van der Waals surface area (Å²) in [7, 11) is 0. The van der Waals surface area contributed by atoms with Gasteiger partial charge in [0, 0.05) is 36.8 Å². The molecule has 0 aliphatic heterocycles. The van der Waals surface area contributed by atoms with Crippen LogP contribution in [0.5, 0.6) is 0 Å². The molecular weight excluding hydrogens is 415 g/mol. The summed E-state index contributed by atoms with van der Waals surface area (Å²) in [5.74, 6) is 0.822. The molecule has 0 saturated heterocycles. The molecule has 0 amide bonds. The first kappa shape index (κ1) is 21.2. The normalized spacial score (nSPS) is 24.1. The van der Waals surface area contributed by atoms with Crippen molar-refractivity contribution in [2.75, 3.05) is 19.6 Å².